The first kappa shape index (κ1) is 39.5. The molecule has 8 aromatic carbocycles. The van der Waals surface area contributed by atoms with E-state index in [2.05, 4.69) is 216 Å². The van der Waals surface area contributed by atoms with Crippen molar-refractivity contribution in [3.63, 3.8) is 0 Å². The van der Waals surface area contributed by atoms with Gasteiger partial charge in [0.25, 0.3) is 0 Å². The van der Waals surface area contributed by atoms with E-state index in [1.807, 2.05) is 6.20 Å². The molecule has 2 aliphatic rings. The van der Waals surface area contributed by atoms with Gasteiger partial charge < -0.3 is 4.90 Å². The van der Waals surface area contributed by atoms with E-state index in [9.17, 15) is 0 Å². The number of benzene rings is 8. The largest absolute Gasteiger partial charge is 0.300 e. The van der Waals surface area contributed by atoms with Crippen LogP contribution in [0.2, 0.25) is 0 Å². The zero-order chi connectivity index (χ0) is 44.7. The van der Waals surface area contributed by atoms with Crippen LogP contribution in [0.3, 0.4) is 0 Å². The Balaban J connectivity index is 1.11. The van der Waals surface area contributed by atoms with E-state index in [-0.39, 0.29) is 11.0 Å². The highest BCUT2D eigenvalue weighted by atomic mass is 28.3. The summed E-state index contributed by atoms with van der Waals surface area (Å²) in [5.41, 5.74) is 4.47. The van der Waals surface area contributed by atoms with Crippen molar-refractivity contribution in [3.05, 3.63) is 206 Å². The first-order valence-electron chi connectivity index (χ1n) is 23.5. The Kier molecular flexibility index (Phi) is 8.92. The fourth-order valence-electron chi connectivity index (χ4n) is 12.1. The number of aromatic nitrogens is 6. The molecule has 322 valence electrons. The van der Waals surface area contributed by atoms with Crippen LogP contribution in [0.15, 0.2) is 201 Å². The van der Waals surface area contributed by atoms with Crippen LogP contribution >= 0.6 is 0 Å². The summed E-state index contributed by atoms with van der Waals surface area (Å²) in [6, 6.07) is 68.9. The first-order valence-corrected chi connectivity index (χ1v) is 25.5. The minimum atomic E-state index is -3.03. The number of fused-ring (bicyclic) bond motifs is 8. The van der Waals surface area contributed by atoms with Gasteiger partial charge in [-0.1, -0.05) is 190 Å². The minimum Gasteiger partial charge on any atom is -0.300 e. The van der Waals surface area contributed by atoms with Crippen LogP contribution in [0, 0.1) is 0 Å². The molecule has 2 atom stereocenters. The highest BCUT2D eigenvalue weighted by molar-refractivity contribution is 7.20. The number of hydrogen-bond acceptors (Lipinski definition) is 6. The molecule has 67 heavy (non-hydrogen) atoms. The van der Waals surface area contributed by atoms with Crippen molar-refractivity contribution in [2.24, 2.45) is 0 Å². The van der Waals surface area contributed by atoms with Crippen LogP contribution in [0.4, 0.5) is 11.6 Å². The first-order chi connectivity index (χ1) is 33.0. The van der Waals surface area contributed by atoms with Gasteiger partial charge in [0.15, 0.2) is 13.9 Å². The molecule has 0 bridgehead atoms. The third-order valence-corrected chi connectivity index (χ3v) is 20.3. The molecule has 1 aliphatic carbocycles. The fourth-order valence-corrected chi connectivity index (χ4v) is 17.1. The van der Waals surface area contributed by atoms with E-state index in [0.717, 1.165) is 69.8 Å². The van der Waals surface area contributed by atoms with Gasteiger partial charge >= 0.3 is 0 Å². The predicted molar refractivity (Wildman–Crippen MR) is 277 cm³/mol. The van der Waals surface area contributed by atoms with Crippen molar-refractivity contribution in [2.75, 3.05) is 4.90 Å². The normalized spacial score (nSPS) is 18.1. The molecule has 7 nitrogen and oxygen atoms in total. The molecule has 3 aromatic heterocycles. The van der Waals surface area contributed by atoms with Crippen molar-refractivity contribution in [1.29, 1.82) is 0 Å². The van der Waals surface area contributed by atoms with Crippen LogP contribution < -0.4 is 25.6 Å². The second-order valence-electron chi connectivity index (χ2n) is 18.8. The van der Waals surface area contributed by atoms with E-state index in [0.29, 0.717) is 17.7 Å². The maximum atomic E-state index is 5.61. The fraction of sp³-hybridized carbons (Fsp3) is 0.136. The van der Waals surface area contributed by atoms with Crippen molar-refractivity contribution in [1.82, 2.24) is 29.5 Å². The number of para-hydroxylation sites is 1. The Hall–Kier alpha value is -7.81. The molecule has 0 saturated heterocycles. The van der Waals surface area contributed by atoms with Crippen molar-refractivity contribution in [3.8, 4) is 17.3 Å². The van der Waals surface area contributed by atoms with E-state index < -0.39 is 8.07 Å². The summed E-state index contributed by atoms with van der Waals surface area (Å²) in [4.78, 5) is 28.8. The lowest BCUT2D eigenvalue weighted by atomic mass is 9.63. The molecule has 11 aromatic rings. The summed E-state index contributed by atoms with van der Waals surface area (Å²) in [6.07, 6.45) is 7.92. The summed E-state index contributed by atoms with van der Waals surface area (Å²) in [6.45, 7) is 4.77. The number of rotatable bonds is 7. The zero-order valence-electron chi connectivity index (χ0n) is 37.5. The van der Waals surface area contributed by atoms with Crippen molar-refractivity contribution in [2.45, 2.75) is 50.5 Å². The molecule has 13 rings (SSSR count). The third-order valence-electron chi connectivity index (χ3n) is 15.4. The highest BCUT2D eigenvalue weighted by Crippen LogP contribution is 2.59. The zero-order valence-corrected chi connectivity index (χ0v) is 38.5. The second kappa shape index (κ2) is 15.1. The van der Waals surface area contributed by atoms with Crippen LogP contribution in [-0.4, -0.2) is 43.1 Å². The lowest BCUT2D eigenvalue weighted by Gasteiger charge is -2.48. The summed E-state index contributed by atoms with van der Waals surface area (Å²) < 4.78 is 2.25. The van der Waals surface area contributed by atoms with Crippen LogP contribution in [0.25, 0.3) is 60.7 Å². The lowest BCUT2D eigenvalue weighted by Crippen LogP contribution is -2.74. The molecule has 2 unspecified atom stereocenters. The van der Waals surface area contributed by atoms with Gasteiger partial charge in [-0.25, -0.2) is 9.97 Å². The SMILES string of the molecule is CC12CCCCC1(C)N(c1nc(-c3cccc([Si](c4ccccc4)(c4ccccc4)c4cccc5ccccc45)c3)nc(-n3c4ccccc4c4cc5ccccc5cc43)n1)c1cncnc12. The van der Waals surface area contributed by atoms with Gasteiger partial charge in [-0.2, -0.15) is 15.0 Å². The van der Waals surface area contributed by atoms with E-state index in [4.69, 9.17) is 19.9 Å². The third kappa shape index (κ3) is 5.79. The molecule has 0 spiro atoms. The predicted octanol–water partition coefficient (Wildman–Crippen LogP) is 10.9. The average Bonchev–Trinajstić information content (AvgIpc) is 3.82. The molecule has 0 amide bonds. The molecule has 1 fully saturated rings. The Morgan fingerprint density at radius 3 is 1.93 bits per heavy atom. The monoisotopic (exact) mass is 881 g/mol. The quantitative estimate of drug-likeness (QED) is 0.117. The maximum Gasteiger partial charge on any atom is 0.240 e. The molecule has 0 radical (unpaired) electrons. The van der Waals surface area contributed by atoms with Gasteiger partial charge in [-0.3, -0.25) is 4.57 Å². The molecule has 4 heterocycles. The summed E-state index contributed by atoms with van der Waals surface area (Å²) in [5.74, 6) is 1.79. The summed E-state index contributed by atoms with van der Waals surface area (Å²) >= 11 is 0. The van der Waals surface area contributed by atoms with Gasteiger partial charge in [0.1, 0.15) is 6.33 Å². The van der Waals surface area contributed by atoms with E-state index in [1.165, 1.54) is 36.9 Å². The van der Waals surface area contributed by atoms with Gasteiger partial charge in [0.05, 0.1) is 34.2 Å². The highest BCUT2D eigenvalue weighted by Gasteiger charge is 2.60. The minimum absolute atomic E-state index is 0.225. The Bertz CT molecular complexity index is 3680. The lowest BCUT2D eigenvalue weighted by molar-refractivity contribution is 0.190. The van der Waals surface area contributed by atoms with E-state index in [1.54, 1.807) is 6.33 Å². The van der Waals surface area contributed by atoms with Crippen LogP contribution in [-0.2, 0) is 5.41 Å². The van der Waals surface area contributed by atoms with Crippen molar-refractivity contribution < 1.29 is 0 Å². The maximum absolute atomic E-state index is 5.61. The molecule has 1 aliphatic heterocycles. The Labute approximate surface area is 390 Å². The van der Waals surface area contributed by atoms with Crippen LogP contribution in [0.1, 0.15) is 45.2 Å². The topological polar surface area (TPSA) is 72.6 Å². The van der Waals surface area contributed by atoms with E-state index >= 15 is 0 Å². The Morgan fingerprint density at radius 2 is 1.13 bits per heavy atom. The number of anilines is 2. The average molecular weight is 882 g/mol. The molecular weight excluding hydrogens is 835 g/mol. The number of hydrogen-bond donors (Lipinski definition) is 0. The van der Waals surface area contributed by atoms with Gasteiger partial charge in [-0.15, -0.1) is 0 Å². The smallest absolute Gasteiger partial charge is 0.240 e. The molecule has 8 heteroatoms. The standard InChI is InChI=1S/C59H47N7Si/c1-58-33-15-16-34-59(58,2)66(52-38-60-39-61-54(52)58)57-63-55(62-56(64-57)65-50-31-14-13-30-48(50)49-36-41-20-9-10-21-42(41)37-51(49)65)43-23-17-28-46(35-43)67(44-24-5-3-6-25-44,45-26-7-4-8-27-45)53-32-18-22-40-19-11-12-29-47(40)53/h3-14,17-32,35-39H,15-16,33-34H2,1-2H3. The second-order valence-corrected chi connectivity index (χ2v) is 22.6. The molecule has 0 N–H and O–H groups in total. The van der Waals surface area contributed by atoms with Gasteiger partial charge in [0, 0.05) is 21.8 Å². The summed E-state index contributed by atoms with van der Waals surface area (Å²) in [7, 11) is -3.03. The Morgan fingerprint density at radius 1 is 0.507 bits per heavy atom. The molecular formula is C59H47N7Si. The molecule has 1 saturated carbocycles. The van der Waals surface area contributed by atoms with Crippen LogP contribution in [0.5, 0.6) is 0 Å². The van der Waals surface area contributed by atoms with Gasteiger partial charge in [-0.05, 0) is 80.3 Å². The van der Waals surface area contributed by atoms with Crippen molar-refractivity contribution >= 4 is 83.8 Å². The number of nitrogens with zero attached hydrogens (tertiary/aromatic N) is 7. The van der Waals surface area contributed by atoms with Gasteiger partial charge in [0.2, 0.25) is 11.9 Å². The summed E-state index contributed by atoms with van der Waals surface area (Å²) in [5, 5.41) is 12.4.